The first-order chi connectivity index (χ1) is 11.8. The van der Waals surface area contributed by atoms with Gasteiger partial charge in [0.15, 0.2) is 0 Å². The molecule has 2 aromatic heterocycles. The molecule has 0 spiro atoms. The first-order valence-corrected chi connectivity index (χ1v) is 9.29. The van der Waals surface area contributed by atoms with E-state index in [0.717, 1.165) is 0 Å². The van der Waals surface area contributed by atoms with Gasteiger partial charge in [-0.15, -0.1) is 11.3 Å². The maximum atomic E-state index is 13.0. The van der Waals surface area contributed by atoms with Gasteiger partial charge in [-0.05, 0) is 18.4 Å². The Morgan fingerprint density at radius 2 is 1.96 bits per heavy atom. The quantitative estimate of drug-likeness (QED) is 0.703. The second kappa shape index (κ2) is 8.10. The van der Waals surface area contributed by atoms with Gasteiger partial charge in [0, 0.05) is 13.0 Å². The summed E-state index contributed by atoms with van der Waals surface area (Å²) in [5.74, 6) is 0.671. The van der Waals surface area contributed by atoms with Crippen molar-refractivity contribution in [3.8, 4) is 0 Å². The van der Waals surface area contributed by atoms with Gasteiger partial charge in [-0.2, -0.15) is 0 Å². The highest BCUT2D eigenvalue weighted by Gasteiger charge is 2.23. The SMILES string of the molecule is COCCn1c(C(C)C)nc2sc(C(=O)OCC(C)C)c(C)c2c1=O. The Hall–Kier alpha value is -1.73. The van der Waals surface area contributed by atoms with Crippen molar-refractivity contribution in [2.24, 2.45) is 5.92 Å². The Morgan fingerprint density at radius 1 is 1.28 bits per heavy atom. The van der Waals surface area contributed by atoms with Crippen LogP contribution in [0.25, 0.3) is 10.2 Å². The molecule has 2 aromatic rings. The van der Waals surface area contributed by atoms with Crippen LogP contribution in [0.15, 0.2) is 4.79 Å². The molecule has 7 heteroatoms. The van der Waals surface area contributed by atoms with Gasteiger partial charge < -0.3 is 9.47 Å². The third-order valence-electron chi connectivity index (χ3n) is 3.85. The maximum absolute atomic E-state index is 13.0. The lowest BCUT2D eigenvalue weighted by Gasteiger charge is -2.14. The molecule has 6 nitrogen and oxygen atoms in total. The number of carbonyl (C=O) groups is 1. The lowest BCUT2D eigenvalue weighted by atomic mass is 10.1. The van der Waals surface area contributed by atoms with Gasteiger partial charge in [-0.25, -0.2) is 9.78 Å². The van der Waals surface area contributed by atoms with Gasteiger partial charge >= 0.3 is 5.97 Å². The van der Waals surface area contributed by atoms with Crippen LogP contribution in [-0.4, -0.2) is 35.8 Å². The average molecular weight is 366 g/mol. The molecule has 0 aliphatic rings. The van der Waals surface area contributed by atoms with E-state index in [1.165, 1.54) is 11.3 Å². The highest BCUT2D eigenvalue weighted by molar-refractivity contribution is 7.20. The molecule has 0 atom stereocenters. The fraction of sp³-hybridized carbons (Fsp3) is 0.611. The molecular weight excluding hydrogens is 340 g/mol. The molecule has 138 valence electrons. The summed E-state index contributed by atoms with van der Waals surface area (Å²) in [5, 5.41) is 0.502. The van der Waals surface area contributed by atoms with Crippen LogP contribution in [0.2, 0.25) is 0 Å². The van der Waals surface area contributed by atoms with Crippen LogP contribution in [0.1, 0.15) is 54.7 Å². The average Bonchev–Trinajstić information content (AvgIpc) is 2.88. The van der Waals surface area contributed by atoms with Crippen molar-refractivity contribution in [3.63, 3.8) is 0 Å². The zero-order valence-corrected chi connectivity index (χ0v) is 16.5. The van der Waals surface area contributed by atoms with Crippen LogP contribution in [0.5, 0.6) is 0 Å². The second-order valence-corrected chi connectivity index (χ2v) is 7.80. The number of aromatic nitrogens is 2. The fourth-order valence-corrected chi connectivity index (χ4v) is 3.65. The predicted molar refractivity (Wildman–Crippen MR) is 99.7 cm³/mol. The molecule has 0 N–H and O–H groups in total. The number of hydrogen-bond acceptors (Lipinski definition) is 6. The summed E-state index contributed by atoms with van der Waals surface area (Å²) < 4.78 is 12.1. The van der Waals surface area contributed by atoms with E-state index >= 15 is 0 Å². The van der Waals surface area contributed by atoms with E-state index in [9.17, 15) is 9.59 Å². The Labute approximate surface area is 151 Å². The molecule has 0 saturated heterocycles. The van der Waals surface area contributed by atoms with E-state index in [2.05, 4.69) is 4.98 Å². The van der Waals surface area contributed by atoms with Crippen molar-refractivity contribution in [2.45, 2.75) is 47.1 Å². The summed E-state index contributed by atoms with van der Waals surface area (Å²) in [6.07, 6.45) is 0. The van der Waals surface area contributed by atoms with Gasteiger partial charge in [0.25, 0.3) is 5.56 Å². The van der Waals surface area contributed by atoms with Crippen molar-refractivity contribution in [1.29, 1.82) is 0 Å². The van der Waals surface area contributed by atoms with Crippen LogP contribution in [-0.2, 0) is 16.0 Å². The van der Waals surface area contributed by atoms with Crippen LogP contribution in [0.3, 0.4) is 0 Å². The number of carbonyl (C=O) groups excluding carboxylic acids is 1. The van der Waals surface area contributed by atoms with E-state index in [1.807, 2.05) is 27.7 Å². The topological polar surface area (TPSA) is 70.4 Å². The van der Waals surface area contributed by atoms with Crippen LogP contribution in [0, 0.1) is 12.8 Å². The van der Waals surface area contributed by atoms with Gasteiger partial charge in [0.2, 0.25) is 0 Å². The molecule has 25 heavy (non-hydrogen) atoms. The van der Waals surface area contributed by atoms with E-state index in [1.54, 1.807) is 18.6 Å². The normalized spacial score (nSPS) is 11.7. The number of fused-ring (bicyclic) bond motifs is 1. The number of aryl methyl sites for hydroxylation is 1. The number of nitrogens with zero attached hydrogens (tertiary/aromatic N) is 2. The molecule has 0 radical (unpaired) electrons. The van der Waals surface area contributed by atoms with Gasteiger partial charge in [0.05, 0.1) is 25.1 Å². The molecular formula is C18H26N2O4S. The lowest BCUT2D eigenvalue weighted by Crippen LogP contribution is -2.27. The number of thiophene rings is 1. The minimum Gasteiger partial charge on any atom is -0.461 e. The molecule has 2 rings (SSSR count). The minimum atomic E-state index is -0.386. The standard InChI is InChI=1S/C18H26N2O4S/c1-10(2)9-24-18(22)14-12(5)13-16(25-14)19-15(11(3)4)20(17(13)21)7-8-23-6/h10-11H,7-9H2,1-6H3. The minimum absolute atomic E-state index is 0.0905. The monoisotopic (exact) mass is 366 g/mol. The lowest BCUT2D eigenvalue weighted by molar-refractivity contribution is 0.0464. The third kappa shape index (κ3) is 4.10. The zero-order valence-electron chi connectivity index (χ0n) is 15.7. The Bertz CT molecular complexity index is 821. The molecule has 0 aliphatic heterocycles. The van der Waals surface area contributed by atoms with E-state index in [-0.39, 0.29) is 23.4 Å². The first kappa shape index (κ1) is 19.6. The van der Waals surface area contributed by atoms with Gasteiger partial charge in [-0.1, -0.05) is 27.7 Å². The Kier molecular flexibility index (Phi) is 6.35. The number of rotatable bonds is 7. The summed E-state index contributed by atoms with van der Waals surface area (Å²) in [4.78, 5) is 31.1. The number of ether oxygens (including phenoxy) is 2. The van der Waals surface area contributed by atoms with E-state index < -0.39 is 0 Å². The van der Waals surface area contributed by atoms with Crippen molar-refractivity contribution in [3.05, 3.63) is 26.6 Å². The fourth-order valence-electron chi connectivity index (χ4n) is 2.57. The van der Waals surface area contributed by atoms with Crippen molar-refractivity contribution >= 4 is 27.5 Å². The van der Waals surface area contributed by atoms with Crippen LogP contribution >= 0.6 is 11.3 Å². The van der Waals surface area contributed by atoms with Crippen molar-refractivity contribution in [1.82, 2.24) is 9.55 Å². The third-order valence-corrected chi connectivity index (χ3v) is 5.01. The van der Waals surface area contributed by atoms with Crippen LogP contribution in [0.4, 0.5) is 0 Å². The summed E-state index contributed by atoms with van der Waals surface area (Å²) in [7, 11) is 1.60. The molecule has 2 heterocycles. The molecule has 0 aromatic carbocycles. The Morgan fingerprint density at radius 3 is 2.52 bits per heavy atom. The van der Waals surface area contributed by atoms with Crippen LogP contribution < -0.4 is 5.56 Å². The predicted octanol–water partition coefficient (Wildman–Crippen LogP) is 3.35. The summed E-state index contributed by atoms with van der Waals surface area (Å²) in [6, 6.07) is 0. The highest BCUT2D eigenvalue weighted by atomic mass is 32.1. The van der Waals surface area contributed by atoms with E-state index in [4.69, 9.17) is 9.47 Å². The molecule has 0 unspecified atom stereocenters. The molecule has 0 aliphatic carbocycles. The van der Waals surface area contributed by atoms with Crippen molar-refractivity contribution < 1.29 is 14.3 Å². The number of methoxy groups -OCH3 is 1. The van der Waals surface area contributed by atoms with Gasteiger partial charge in [-0.3, -0.25) is 9.36 Å². The highest BCUT2D eigenvalue weighted by Crippen LogP contribution is 2.29. The molecule has 0 amide bonds. The zero-order chi connectivity index (χ0) is 18.7. The molecule has 0 bridgehead atoms. The Balaban J connectivity index is 2.57. The summed E-state index contributed by atoms with van der Waals surface area (Å²) >= 11 is 1.23. The maximum Gasteiger partial charge on any atom is 0.348 e. The number of hydrogen-bond donors (Lipinski definition) is 0. The van der Waals surface area contributed by atoms with Crippen molar-refractivity contribution in [2.75, 3.05) is 20.3 Å². The second-order valence-electron chi connectivity index (χ2n) is 6.80. The number of esters is 1. The smallest absolute Gasteiger partial charge is 0.348 e. The van der Waals surface area contributed by atoms with Gasteiger partial charge in [0.1, 0.15) is 15.5 Å². The first-order valence-electron chi connectivity index (χ1n) is 8.47. The largest absolute Gasteiger partial charge is 0.461 e. The molecule has 0 saturated carbocycles. The summed E-state index contributed by atoms with van der Waals surface area (Å²) in [6.45, 7) is 11.0. The summed E-state index contributed by atoms with van der Waals surface area (Å²) in [5.41, 5.74) is 0.523. The van der Waals surface area contributed by atoms with E-state index in [0.29, 0.717) is 46.2 Å². The molecule has 0 fully saturated rings.